The number of phenolic OH excluding ortho intramolecular Hbond substituents is 1. The molecule has 2 nitrogen and oxygen atoms in total. The van der Waals surface area contributed by atoms with Gasteiger partial charge in [-0.15, -0.1) is 0 Å². The van der Waals surface area contributed by atoms with Crippen molar-refractivity contribution in [1.82, 2.24) is 5.32 Å². The smallest absolute Gasteiger partial charge is 0.115 e. The molecule has 0 aliphatic heterocycles. The largest absolute Gasteiger partial charge is 0.508 e. The summed E-state index contributed by atoms with van der Waals surface area (Å²) in [5.41, 5.74) is 1.24. The van der Waals surface area contributed by atoms with Crippen LogP contribution >= 0.6 is 0 Å². The third kappa shape index (κ3) is 3.24. The summed E-state index contributed by atoms with van der Waals surface area (Å²) in [5, 5.41) is 12.7. The van der Waals surface area contributed by atoms with Crippen molar-refractivity contribution in [3.8, 4) is 5.75 Å². The SMILES string of the molecule is CCC(c1cccc(O)c1)[C@@H](C)CNC. The van der Waals surface area contributed by atoms with Crippen molar-refractivity contribution in [2.45, 2.75) is 26.2 Å². The summed E-state index contributed by atoms with van der Waals surface area (Å²) in [4.78, 5) is 0. The normalized spacial score (nSPS) is 14.9. The topological polar surface area (TPSA) is 32.3 Å². The van der Waals surface area contributed by atoms with Gasteiger partial charge in [0.1, 0.15) is 5.75 Å². The Labute approximate surface area is 92.3 Å². The zero-order valence-electron chi connectivity index (χ0n) is 9.83. The van der Waals surface area contributed by atoms with Crippen LogP contribution in [0.2, 0.25) is 0 Å². The first-order valence-electron chi connectivity index (χ1n) is 5.62. The quantitative estimate of drug-likeness (QED) is 0.778. The van der Waals surface area contributed by atoms with Gasteiger partial charge >= 0.3 is 0 Å². The Morgan fingerprint density at radius 1 is 1.40 bits per heavy atom. The lowest BCUT2D eigenvalue weighted by molar-refractivity contribution is 0.426. The molecule has 0 saturated carbocycles. The highest BCUT2D eigenvalue weighted by Gasteiger charge is 2.16. The Hall–Kier alpha value is -1.02. The predicted molar refractivity (Wildman–Crippen MR) is 64.2 cm³/mol. The number of aromatic hydroxyl groups is 1. The molecule has 0 aliphatic rings. The summed E-state index contributed by atoms with van der Waals surface area (Å²) < 4.78 is 0. The molecule has 2 atom stereocenters. The van der Waals surface area contributed by atoms with Gasteiger partial charge in [0.15, 0.2) is 0 Å². The molecule has 2 heteroatoms. The highest BCUT2D eigenvalue weighted by atomic mass is 16.3. The lowest BCUT2D eigenvalue weighted by Gasteiger charge is -2.23. The molecule has 2 N–H and O–H groups in total. The Morgan fingerprint density at radius 2 is 2.13 bits per heavy atom. The molecule has 0 aliphatic carbocycles. The molecule has 1 aromatic rings. The van der Waals surface area contributed by atoms with Gasteiger partial charge in [-0.1, -0.05) is 26.0 Å². The van der Waals surface area contributed by atoms with Crippen LogP contribution in [0.1, 0.15) is 31.7 Å². The van der Waals surface area contributed by atoms with E-state index in [1.165, 1.54) is 5.56 Å². The van der Waals surface area contributed by atoms with Crippen molar-refractivity contribution in [3.05, 3.63) is 29.8 Å². The fraction of sp³-hybridized carbons (Fsp3) is 0.538. The second-order valence-electron chi connectivity index (χ2n) is 4.14. The molecule has 0 fully saturated rings. The summed E-state index contributed by atoms with van der Waals surface area (Å²) in [6, 6.07) is 7.61. The van der Waals surface area contributed by atoms with E-state index in [9.17, 15) is 5.11 Å². The van der Waals surface area contributed by atoms with Gasteiger partial charge in [0, 0.05) is 0 Å². The first-order valence-corrected chi connectivity index (χ1v) is 5.62. The zero-order chi connectivity index (χ0) is 11.3. The average molecular weight is 207 g/mol. The number of hydrogen-bond acceptors (Lipinski definition) is 2. The van der Waals surface area contributed by atoms with Crippen molar-refractivity contribution in [2.75, 3.05) is 13.6 Å². The summed E-state index contributed by atoms with van der Waals surface area (Å²) in [7, 11) is 1.98. The van der Waals surface area contributed by atoms with Crippen LogP contribution in [0.25, 0.3) is 0 Å². The van der Waals surface area contributed by atoms with E-state index >= 15 is 0 Å². The van der Waals surface area contributed by atoms with E-state index in [0.717, 1.165) is 13.0 Å². The summed E-state index contributed by atoms with van der Waals surface area (Å²) in [6.45, 7) is 5.45. The van der Waals surface area contributed by atoms with E-state index in [1.807, 2.05) is 19.2 Å². The first-order chi connectivity index (χ1) is 7.19. The van der Waals surface area contributed by atoms with E-state index in [2.05, 4.69) is 25.2 Å². The molecule has 0 amide bonds. The van der Waals surface area contributed by atoms with E-state index in [1.54, 1.807) is 6.07 Å². The van der Waals surface area contributed by atoms with Crippen LogP contribution in [-0.4, -0.2) is 18.7 Å². The lowest BCUT2D eigenvalue weighted by atomic mass is 9.85. The second kappa shape index (κ2) is 5.76. The van der Waals surface area contributed by atoms with Crippen molar-refractivity contribution in [3.63, 3.8) is 0 Å². The standard InChI is InChI=1S/C13H21NO/c1-4-13(10(2)9-14-3)11-6-5-7-12(15)8-11/h5-8,10,13-15H,4,9H2,1-3H3/t10-,13?/m0/s1. The molecule has 0 radical (unpaired) electrons. The second-order valence-corrected chi connectivity index (χ2v) is 4.14. The minimum absolute atomic E-state index is 0.364. The van der Waals surface area contributed by atoms with Crippen LogP contribution in [0.5, 0.6) is 5.75 Å². The van der Waals surface area contributed by atoms with E-state index in [0.29, 0.717) is 17.6 Å². The lowest BCUT2D eigenvalue weighted by Crippen LogP contribution is -2.22. The molecule has 0 spiro atoms. The minimum atomic E-state index is 0.364. The Kier molecular flexibility index (Phi) is 4.63. The predicted octanol–water partition coefficient (Wildman–Crippen LogP) is 2.74. The number of hydrogen-bond donors (Lipinski definition) is 2. The third-order valence-electron chi connectivity index (χ3n) is 2.95. The van der Waals surface area contributed by atoms with Gasteiger partial charge in [0.25, 0.3) is 0 Å². The fourth-order valence-corrected chi connectivity index (χ4v) is 2.19. The van der Waals surface area contributed by atoms with Crippen molar-refractivity contribution in [2.24, 2.45) is 5.92 Å². The monoisotopic (exact) mass is 207 g/mol. The highest BCUT2D eigenvalue weighted by Crippen LogP contribution is 2.29. The maximum atomic E-state index is 9.45. The highest BCUT2D eigenvalue weighted by molar-refractivity contribution is 5.30. The molecule has 84 valence electrons. The van der Waals surface area contributed by atoms with Gasteiger partial charge in [-0.2, -0.15) is 0 Å². The molecule has 0 heterocycles. The van der Waals surface area contributed by atoms with Gasteiger partial charge in [-0.05, 0) is 49.5 Å². The Bertz CT molecular complexity index is 298. The van der Waals surface area contributed by atoms with Gasteiger partial charge in [-0.3, -0.25) is 0 Å². The number of phenols is 1. The molecule has 1 aromatic carbocycles. The third-order valence-corrected chi connectivity index (χ3v) is 2.95. The van der Waals surface area contributed by atoms with Gasteiger partial charge in [0.2, 0.25) is 0 Å². The molecule has 0 aromatic heterocycles. The molecule has 1 rings (SSSR count). The van der Waals surface area contributed by atoms with Crippen LogP contribution in [0.15, 0.2) is 24.3 Å². The summed E-state index contributed by atoms with van der Waals surface area (Å²) >= 11 is 0. The van der Waals surface area contributed by atoms with Crippen LogP contribution in [-0.2, 0) is 0 Å². The maximum Gasteiger partial charge on any atom is 0.115 e. The van der Waals surface area contributed by atoms with Gasteiger partial charge in [-0.25, -0.2) is 0 Å². The minimum Gasteiger partial charge on any atom is -0.508 e. The Balaban J connectivity index is 2.82. The zero-order valence-corrected chi connectivity index (χ0v) is 9.83. The fourth-order valence-electron chi connectivity index (χ4n) is 2.19. The molecular formula is C13H21NO. The molecule has 1 unspecified atom stereocenters. The molecule has 0 bridgehead atoms. The van der Waals surface area contributed by atoms with Crippen LogP contribution < -0.4 is 5.32 Å². The van der Waals surface area contributed by atoms with E-state index in [-0.39, 0.29) is 0 Å². The maximum absolute atomic E-state index is 9.45. The van der Waals surface area contributed by atoms with Crippen molar-refractivity contribution in [1.29, 1.82) is 0 Å². The van der Waals surface area contributed by atoms with Crippen LogP contribution in [0.4, 0.5) is 0 Å². The molecular weight excluding hydrogens is 186 g/mol. The average Bonchev–Trinajstić information content (AvgIpc) is 2.19. The van der Waals surface area contributed by atoms with E-state index < -0.39 is 0 Å². The Morgan fingerprint density at radius 3 is 2.67 bits per heavy atom. The summed E-state index contributed by atoms with van der Waals surface area (Å²) in [6.07, 6.45) is 1.10. The van der Waals surface area contributed by atoms with Crippen molar-refractivity contribution < 1.29 is 5.11 Å². The van der Waals surface area contributed by atoms with Crippen molar-refractivity contribution >= 4 is 0 Å². The van der Waals surface area contributed by atoms with Crippen LogP contribution in [0, 0.1) is 5.92 Å². The van der Waals surface area contributed by atoms with Gasteiger partial charge in [0.05, 0.1) is 0 Å². The number of rotatable bonds is 5. The molecule has 15 heavy (non-hydrogen) atoms. The molecule has 0 saturated heterocycles. The summed E-state index contributed by atoms with van der Waals surface area (Å²) in [5.74, 6) is 1.47. The number of nitrogens with one attached hydrogen (secondary N) is 1. The van der Waals surface area contributed by atoms with Crippen LogP contribution in [0.3, 0.4) is 0 Å². The van der Waals surface area contributed by atoms with Gasteiger partial charge < -0.3 is 10.4 Å². The number of benzene rings is 1. The first kappa shape index (κ1) is 12.1. The van der Waals surface area contributed by atoms with E-state index in [4.69, 9.17) is 0 Å².